The molecule has 0 fully saturated rings. The Kier molecular flexibility index (Phi) is 15.2. The first-order chi connectivity index (χ1) is 13.9. The monoisotopic (exact) mass is 529 g/mol. The van der Waals surface area contributed by atoms with E-state index in [0.717, 1.165) is 21.4 Å². The van der Waals surface area contributed by atoms with Gasteiger partial charge in [-0.2, -0.15) is 0 Å². The summed E-state index contributed by atoms with van der Waals surface area (Å²) in [7, 11) is -2.59. The van der Waals surface area contributed by atoms with Crippen molar-refractivity contribution in [1.29, 1.82) is 0 Å². The Morgan fingerprint density at radius 3 is 1.52 bits per heavy atom. The molecule has 176 valence electrons. The van der Waals surface area contributed by atoms with E-state index in [2.05, 4.69) is 27.1 Å². The second-order valence-electron chi connectivity index (χ2n) is 5.43. The van der Waals surface area contributed by atoms with Gasteiger partial charge in [0.2, 0.25) is 20.0 Å². The van der Waals surface area contributed by atoms with Crippen LogP contribution in [0.1, 0.15) is 7.43 Å². The van der Waals surface area contributed by atoms with Gasteiger partial charge in [0, 0.05) is 36.9 Å². The Labute approximate surface area is 197 Å². The summed E-state index contributed by atoms with van der Waals surface area (Å²) in [5.74, 6) is 6.71. The minimum Gasteiger partial charge on any atom is -0.497 e. The van der Waals surface area contributed by atoms with Crippen molar-refractivity contribution in [2.75, 3.05) is 35.9 Å². The minimum absolute atomic E-state index is 0. The van der Waals surface area contributed by atoms with Crippen LogP contribution in [0.5, 0.6) is 11.5 Å². The Morgan fingerprint density at radius 2 is 1.23 bits per heavy atom. The van der Waals surface area contributed by atoms with Crippen LogP contribution in [0.2, 0.25) is 0 Å². The van der Waals surface area contributed by atoms with Crippen LogP contribution in [0.3, 0.4) is 0 Å². The van der Waals surface area contributed by atoms with E-state index < -0.39 is 20.0 Å². The van der Waals surface area contributed by atoms with Crippen molar-refractivity contribution in [2.45, 2.75) is 7.43 Å². The van der Waals surface area contributed by atoms with E-state index in [1.807, 2.05) is 0 Å². The van der Waals surface area contributed by atoms with Gasteiger partial charge in [0.05, 0.1) is 32.4 Å². The highest BCUT2D eigenvalue weighted by Crippen LogP contribution is 2.18. The van der Waals surface area contributed by atoms with Gasteiger partial charge in [-0.3, -0.25) is 4.72 Å². The molecule has 0 heterocycles. The van der Waals surface area contributed by atoms with Crippen molar-refractivity contribution in [1.82, 2.24) is 0 Å². The first-order valence-electron chi connectivity index (χ1n) is 7.80. The summed E-state index contributed by atoms with van der Waals surface area (Å²) < 4.78 is 56.6. The maximum absolute atomic E-state index is 11.1. The summed E-state index contributed by atoms with van der Waals surface area (Å²) in [6.45, 7) is 0. The maximum Gasteiger partial charge on any atom is 0.245 e. The number of rotatable bonds is 6. The summed E-state index contributed by atoms with van der Waals surface area (Å²) in [6.07, 6.45) is 2.15. The molecule has 0 spiro atoms. The molecule has 0 aliphatic rings. The normalized spacial score (nSPS) is 9.97. The molecule has 0 bridgehead atoms. The first-order valence-corrected chi connectivity index (χ1v) is 14.2. The van der Waals surface area contributed by atoms with Crippen LogP contribution in [0, 0.1) is 0 Å². The zero-order valence-electron chi connectivity index (χ0n) is 16.6. The third kappa shape index (κ3) is 14.0. The van der Waals surface area contributed by atoms with Gasteiger partial charge in [-0.1, -0.05) is 7.43 Å². The van der Waals surface area contributed by atoms with Crippen molar-refractivity contribution in [2.24, 2.45) is 5.84 Å². The lowest BCUT2D eigenvalue weighted by atomic mass is 10.3. The van der Waals surface area contributed by atoms with Gasteiger partial charge in [0.25, 0.3) is 0 Å². The van der Waals surface area contributed by atoms with Crippen LogP contribution >= 0.6 is 0 Å². The van der Waals surface area contributed by atoms with Gasteiger partial charge < -0.3 is 9.47 Å². The highest BCUT2D eigenvalue weighted by atomic mass is 33.1. The van der Waals surface area contributed by atoms with Gasteiger partial charge >= 0.3 is 0 Å². The topological polar surface area (TPSA) is 128 Å². The molecule has 9 nitrogen and oxygen atoms in total. The number of nitrogens with zero attached hydrogens (tertiary/aromatic N) is 1. The Morgan fingerprint density at radius 1 is 0.871 bits per heavy atom. The number of hydrazine groups is 1. The van der Waals surface area contributed by atoms with Gasteiger partial charge in [-0.05, 0) is 48.5 Å². The number of sulfonamides is 2. The van der Waals surface area contributed by atoms with E-state index >= 15 is 0 Å². The number of nitrogens with two attached hydrogens (primary N) is 1. The second kappa shape index (κ2) is 15.0. The highest BCUT2D eigenvalue weighted by molar-refractivity contribution is 8.37. The van der Waals surface area contributed by atoms with E-state index in [-0.39, 0.29) is 7.43 Å². The van der Waals surface area contributed by atoms with Gasteiger partial charge in [0.1, 0.15) is 11.5 Å². The van der Waals surface area contributed by atoms with Crippen LogP contribution in [-0.2, 0) is 51.3 Å². The largest absolute Gasteiger partial charge is 0.497 e. The minimum atomic E-state index is -3.41. The van der Waals surface area contributed by atoms with Crippen molar-refractivity contribution < 1.29 is 26.3 Å². The molecule has 0 aliphatic heterocycles. The molecule has 3 N–H and O–H groups in total. The number of benzene rings is 2. The van der Waals surface area contributed by atoms with E-state index in [4.69, 9.17) is 15.3 Å². The molecule has 0 aromatic heterocycles. The standard InChI is InChI=1S/C8H12N2O3S.C8H11NO3S.CH4.S3/c1-13-8-5-3-7(4-6-8)10(9)14(2,11)12;1-12-8-5-3-7(4-6-8)9-13(2,10)11;;1-3-2/h3-6H,9H2,1-2H3;3-6,9H,1-2H3;1H4;. The Hall–Kier alpha value is -1.84. The smallest absolute Gasteiger partial charge is 0.245 e. The molecule has 14 heteroatoms. The number of methoxy groups -OCH3 is 2. The summed E-state index contributed by atoms with van der Waals surface area (Å²) in [6, 6.07) is 13.1. The first kappa shape index (κ1) is 31.3. The van der Waals surface area contributed by atoms with Crippen molar-refractivity contribution in [3.8, 4) is 11.5 Å². The summed E-state index contributed by atoms with van der Waals surface area (Å²) >= 11 is 8.25. The maximum atomic E-state index is 11.1. The van der Waals surface area contributed by atoms with Gasteiger partial charge in [-0.15, -0.1) is 0 Å². The lowest BCUT2D eigenvalue weighted by molar-refractivity contribution is 0.414. The van der Waals surface area contributed by atoms with Crippen LogP contribution in [0.4, 0.5) is 11.4 Å². The Balaban J connectivity index is 0. The molecule has 0 radical (unpaired) electrons. The SMILES string of the molecule is C.COc1ccc(N(N)S(C)(=O)=O)cc1.COc1ccc(NS(C)(=O)=O)cc1.S=S=S. The third-order valence-electron chi connectivity index (χ3n) is 3.08. The highest BCUT2D eigenvalue weighted by Gasteiger charge is 2.12. The number of anilines is 2. The van der Waals surface area contributed by atoms with Crippen molar-refractivity contribution >= 4 is 62.7 Å². The molecular weight excluding hydrogens is 503 g/mol. The van der Waals surface area contributed by atoms with Gasteiger partial charge in [-0.25, -0.2) is 27.1 Å². The van der Waals surface area contributed by atoms with Crippen molar-refractivity contribution in [3.63, 3.8) is 0 Å². The molecular formula is C17H27N3O6S5. The molecule has 2 aromatic rings. The summed E-state index contributed by atoms with van der Waals surface area (Å²) in [5.41, 5.74) is 0.927. The van der Waals surface area contributed by atoms with Crippen LogP contribution in [-0.4, -0.2) is 43.6 Å². The number of ether oxygens (including phenoxy) is 2. The number of nitrogens with one attached hydrogen (secondary N) is 1. The molecule has 2 rings (SSSR count). The molecule has 0 saturated carbocycles. The van der Waals surface area contributed by atoms with E-state index in [1.54, 1.807) is 55.6 Å². The second-order valence-corrected chi connectivity index (χ2v) is 10.8. The fourth-order valence-corrected chi connectivity index (χ4v) is 2.86. The molecule has 0 atom stereocenters. The lowest BCUT2D eigenvalue weighted by Crippen LogP contribution is -2.36. The predicted octanol–water partition coefficient (Wildman–Crippen LogP) is 2.03. The zero-order chi connectivity index (χ0) is 23.4. The molecule has 0 amide bonds. The summed E-state index contributed by atoms with van der Waals surface area (Å²) in [4.78, 5) is 0. The predicted molar refractivity (Wildman–Crippen MR) is 135 cm³/mol. The quantitative estimate of drug-likeness (QED) is 0.427. The Bertz CT molecular complexity index is 1020. The van der Waals surface area contributed by atoms with Crippen LogP contribution < -0.4 is 24.5 Å². The number of hydrogen-bond acceptors (Lipinski definition) is 9. The molecule has 31 heavy (non-hydrogen) atoms. The zero-order valence-corrected chi connectivity index (χ0v) is 20.7. The molecule has 0 saturated heterocycles. The fraction of sp³-hybridized carbons (Fsp3) is 0.294. The van der Waals surface area contributed by atoms with E-state index in [1.165, 1.54) is 7.11 Å². The molecule has 0 aliphatic carbocycles. The lowest BCUT2D eigenvalue weighted by Gasteiger charge is -2.15. The fourth-order valence-electron chi connectivity index (χ4n) is 1.79. The van der Waals surface area contributed by atoms with E-state index in [0.29, 0.717) is 27.3 Å². The average Bonchev–Trinajstić information content (AvgIpc) is 2.67. The van der Waals surface area contributed by atoms with E-state index in [9.17, 15) is 16.8 Å². The number of hydrogen-bond donors (Lipinski definition) is 2. The molecule has 0 unspecified atom stereocenters. The van der Waals surface area contributed by atoms with Crippen LogP contribution in [0.15, 0.2) is 48.5 Å². The van der Waals surface area contributed by atoms with Gasteiger partial charge in [0.15, 0.2) is 0 Å². The average molecular weight is 530 g/mol. The van der Waals surface area contributed by atoms with Crippen LogP contribution in [0.25, 0.3) is 0 Å². The summed E-state index contributed by atoms with van der Waals surface area (Å²) in [5, 5.41) is 0. The van der Waals surface area contributed by atoms with Crippen molar-refractivity contribution in [3.05, 3.63) is 48.5 Å². The molecule has 2 aromatic carbocycles. The third-order valence-corrected chi connectivity index (χ3v) is 4.61.